The van der Waals surface area contributed by atoms with Crippen LogP contribution in [-0.4, -0.2) is 10.2 Å². The van der Waals surface area contributed by atoms with Crippen LogP contribution >= 0.6 is 0 Å². The number of hydrogen-bond acceptors (Lipinski definition) is 2. The van der Waals surface area contributed by atoms with Crippen molar-refractivity contribution < 1.29 is 10.2 Å². The largest absolute Gasteiger partial charge is 0.508 e. The molecule has 0 amide bonds. The summed E-state index contributed by atoms with van der Waals surface area (Å²) >= 11 is 0. The van der Waals surface area contributed by atoms with Crippen LogP contribution < -0.4 is 0 Å². The van der Waals surface area contributed by atoms with Gasteiger partial charge >= 0.3 is 0 Å². The Balaban J connectivity index is 2.60. The summed E-state index contributed by atoms with van der Waals surface area (Å²) < 4.78 is 0. The molecule has 0 spiro atoms. The number of aryl methyl sites for hydroxylation is 2. The molecule has 2 aromatic carbocycles. The van der Waals surface area contributed by atoms with Gasteiger partial charge in [0, 0.05) is 11.6 Å². The first-order chi connectivity index (χ1) is 7.58. The van der Waals surface area contributed by atoms with Gasteiger partial charge in [0.2, 0.25) is 0 Å². The molecule has 0 radical (unpaired) electrons. The average molecular weight is 214 g/mol. The Hall–Kier alpha value is -1.96. The second-order valence-corrected chi connectivity index (χ2v) is 4.03. The summed E-state index contributed by atoms with van der Waals surface area (Å²) in [6.07, 6.45) is 0. The van der Waals surface area contributed by atoms with E-state index in [4.69, 9.17) is 0 Å². The molecule has 0 aliphatic carbocycles. The monoisotopic (exact) mass is 214 g/mol. The average Bonchev–Trinajstić information content (AvgIpc) is 2.23. The lowest BCUT2D eigenvalue weighted by Gasteiger charge is -2.08. The highest BCUT2D eigenvalue weighted by Crippen LogP contribution is 2.34. The minimum atomic E-state index is 0.105. The number of phenolic OH excluding ortho intramolecular Hbond substituents is 2. The molecular weight excluding hydrogens is 200 g/mol. The predicted molar refractivity (Wildman–Crippen MR) is 64.7 cm³/mol. The van der Waals surface area contributed by atoms with Crippen molar-refractivity contribution in [1.29, 1.82) is 0 Å². The van der Waals surface area contributed by atoms with Crippen LogP contribution in [0.4, 0.5) is 0 Å². The fraction of sp³-hybridized carbons (Fsp3) is 0.143. The number of aromatic hydroxyl groups is 2. The van der Waals surface area contributed by atoms with Crippen molar-refractivity contribution in [2.75, 3.05) is 0 Å². The zero-order valence-electron chi connectivity index (χ0n) is 9.36. The molecule has 0 saturated heterocycles. The van der Waals surface area contributed by atoms with E-state index in [1.165, 1.54) is 6.07 Å². The van der Waals surface area contributed by atoms with Gasteiger partial charge in [-0.25, -0.2) is 0 Å². The van der Waals surface area contributed by atoms with E-state index in [2.05, 4.69) is 0 Å². The van der Waals surface area contributed by atoms with Gasteiger partial charge < -0.3 is 10.2 Å². The smallest absolute Gasteiger partial charge is 0.127 e. The van der Waals surface area contributed by atoms with Crippen molar-refractivity contribution in [2.24, 2.45) is 0 Å². The summed E-state index contributed by atoms with van der Waals surface area (Å²) in [5.41, 5.74) is 3.61. The lowest BCUT2D eigenvalue weighted by atomic mass is 10.0. The third kappa shape index (κ3) is 1.87. The molecule has 0 bridgehead atoms. The molecule has 0 unspecified atom stereocenters. The van der Waals surface area contributed by atoms with Gasteiger partial charge in [-0.3, -0.25) is 0 Å². The summed E-state index contributed by atoms with van der Waals surface area (Å²) in [4.78, 5) is 0. The fourth-order valence-corrected chi connectivity index (χ4v) is 1.73. The minimum Gasteiger partial charge on any atom is -0.508 e. The molecule has 2 N–H and O–H groups in total. The van der Waals surface area contributed by atoms with E-state index < -0.39 is 0 Å². The van der Waals surface area contributed by atoms with E-state index in [1.54, 1.807) is 6.07 Å². The van der Waals surface area contributed by atoms with E-state index in [0.717, 1.165) is 22.3 Å². The van der Waals surface area contributed by atoms with Gasteiger partial charge in [-0.2, -0.15) is 0 Å². The van der Waals surface area contributed by atoms with E-state index in [1.807, 2.05) is 38.1 Å². The Labute approximate surface area is 94.8 Å². The van der Waals surface area contributed by atoms with Crippen molar-refractivity contribution in [3.05, 3.63) is 47.5 Å². The standard InChI is InChI=1S/C14H14O2/c1-9-4-3-5-11(6-9)12-7-10(2)13(15)8-14(12)16/h3-8,15-16H,1-2H3. The van der Waals surface area contributed by atoms with E-state index in [9.17, 15) is 10.2 Å². The quantitative estimate of drug-likeness (QED) is 0.764. The lowest BCUT2D eigenvalue weighted by Crippen LogP contribution is -1.83. The third-order valence-electron chi connectivity index (χ3n) is 2.64. The first-order valence-corrected chi connectivity index (χ1v) is 5.17. The summed E-state index contributed by atoms with van der Waals surface area (Å²) in [5, 5.41) is 19.3. The number of benzene rings is 2. The van der Waals surface area contributed by atoms with Crippen molar-refractivity contribution in [3.63, 3.8) is 0 Å². The molecule has 2 rings (SSSR count). The normalized spacial score (nSPS) is 10.4. The van der Waals surface area contributed by atoms with Gasteiger partial charge in [0.25, 0.3) is 0 Å². The Morgan fingerprint density at radius 1 is 0.875 bits per heavy atom. The van der Waals surface area contributed by atoms with Gasteiger partial charge in [0.05, 0.1) is 0 Å². The molecule has 0 saturated carbocycles. The van der Waals surface area contributed by atoms with Crippen LogP contribution in [0.25, 0.3) is 11.1 Å². The van der Waals surface area contributed by atoms with Crippen molar-refractivity contribution in [2.45, 2.75) is 13.8 Å². The molecule has 0 fully saturated rings. The third-order valence-corrected chi connectivity index (χ3v) is 2.64. The van der Waals surface area contributed by atoms with Gasteiger partial charge in [-0.15, -0.1) is 0 Å². The zero-order valence-corrected chi connectivity index (χ0v) is 9.36. The molecule has 0 aliphatic rings. The van der Waals surface area contributed by atoms with Gasteiger partial charge in [-0.05, 0) is 31.0 Å². The van der Waals surface area contributed by atoms with Crippen molar-refractivity contribution in [3.8, 4) is 22.6 Å². The predicted octanol–water partition coefficient (Wildman–Crippen LogP) is 3.38. The second-order valence-electron chi connectivity index (χ2n) is 4.03. The van der Waals surface area contributed by atoms with Crippen LogP contribution in [0.15, 0.2) is 36.4 Å². The molecule has 0 atom stereocenters. The van der Waals surface area contributed by atoms with Crippen LogP contribution in [0, 0.1) is 13.8 Å². The first-order valence-electron chi connectivity index (χ1n) is 5.17. The lowest BCUT2D eigenvalue weighted by molar-refractivity contribution is 0.449. The maximum atomic E-state index is 9.80. The Morgan fingerprint density at radius 3 is 2.31 bits per heavy atom. The van der Waals surface area contributed by atoms with Crippen molar-refractivity contribution in [1.82, 2.24) is 0 Å². The van der Waals surface area contributed by atoms with Gasteiger partial charge in [0.15, 0.2) is 0 Å². The van der Waals surface area contributed by atoms with Crippen molar-refractivity contribution >= 4 is 0 Å². The van der Waals surface area contributed by atoms with Gasteiger partial charge in [0.1, 0.15) is 11.5 Å². The molecule has 0 aliphatic heterocycles. The summed E-state index contributed by atoms with van der Waals surface area (Å²) in [7, 11) is 0. The highest BCUT2D eigenvalue weighted by atomic mass is 16.3. The topological polar surface area (TPSA) is 40.5 Å². The first kappa shape index (κ1) is 10.6. The number of rotatable bonds is 1. The van der Waals surface area contributed by atoms with E-state index in [-0.39, 0.29) is 11.5 Å². The van der Waals surface area contributed by atoms with Crippen LogP contribution in [0.2, 0.25) is 0 Å². The molecule has 0 heterocycles. The van der Waals surface area contributed by atoms with Gasteiger partial charge in [-0.1, -0.05) is 29.8 Å². The van der Waals surface area contributed by atoms with Crippen LogP contribution in [0.5, 0.6) is 11.5 Å². The highest BCUT2D eigenvalue weighted by Gasteiger charge is 2.07. The molecule has 2 heteroatoms. The molecule has 2 nitrogen and oxygen atoms in total. The van der Waals surface area contributed by atoms with Crippen LogP contribution in [0.3, 0.4) is 0 Å². The molecule has 2 aromatic rings. The maximum absolute atomic E-state index is 9.80. The summed E-state index contributed by atoms with van der Waals surface area (Å²) in [6.45, 7) is 3.82. The summed E-state index contributed by atoms with van der Waals surface area (Å²) in [5.74, 6) is 0.225. The van der Waals surface area contributed by atoms with Crippen LogP contribution in [0.1, 0.15) is 11.1 Å². The fourth-order valence-electron chi connectivity index (χ4n) is 1.73. The SMILES string of the molecule is Cc1cccc(-c2cc(C)c(O)cc2O)c1. The van der Waals surface area contributed by atoms with E-state index in [0.29, 0.717) is 0 Å². The Bertz CT molecular complexity index is 530. The Kier molecular flexibility index (Phi) is 2.57. The minimum absolute atomic E-state index is 0.105. The Morgan fingerprint density at radius 2 is 1.62 bits per heavy atom. The molecule has 16 heavy (non-hydrogen) atoms. The van der Waals surface area contributed by atoms with Crippen LogP contribution in [-0.2, 0) is 0 Å². The molecule has 0 aromatic heterocycles. The highest BCUT2D eigenvalue weighted by molar-refractivity contribution is 5.72. The zero-order chi connectivity index (χ0) is 11.7. The van der Waals surface area contributed by atoms with E-state index >= 15 is 0 Å². The molecular formula is C14H14O2. The number of hydrogen-bond donors (Lipinski definition) is 2. The number of phenols is 2. The summed E-state index contributed by atoms with van der Waals surface area (Å²) in [6, 6.07) is 11.1. The second kappa shape index (κ2) is 3.89. The maximum Gasteiger partial charge on any atom is 0.127 e. The molecule has 82 valence electrons.